The molecule has 1 aromatic heterocycles. The van der Waals surface area contributed by atoms with Gasteiger partial charge in [-0.3, -0.25) is 14.3 Å². The minimum atomic E-state index is -4.49. The lowest BCUT2D eigenvalue weighted by atomic mass is 10.2. The van der Waals surface area contributed by atoms with Crippen LogP contribution in [0.1, 0.15) is 0 Å². The number of fused-ring (bicyclic) bond motifs is 1. The van der Waals surface area contributed by atoms with Crippen molar-refractivity contribution < 1.29 is 26.7 Å². The highest BCUT2D eigenvalue weighted by Crippen LogP contribution is 2.22. The van der Waals surface area contributed by atoms with Crippen LogP contribution in [0.3, 0.4) is 0 Å². The molecule has 0 radical (unpaired) electrons. The summed E-state index contributed by atoms with van der Waals surface area (Å²) >= 11 is 0. The second-order valence-electron chi connectivity index (χ2n) is 4.22. The third-order valence-electron chi connectivity index (χ3n) is 2.61. The molecule has 118 valence electrons. The van der Waals surface area contributed by atoms with E-state index in [4.69, 9.17) is 9.29 Å². The largest absolute Gasteiger partial charge is 0.481 e. The molecule has 2 rings (SSSR count). The molecule has 0 fully saturated rings. The Kier molecular flexibility index (Phi) is 5.26. The summed E-state index contributed by atoms with van der Waals surface area (Å²) in [5, 5.41) is 3.28. The van der Waals surface area contributed by atoms with Crippen molar-refractivity contribution in [3.63, 3.8) is 0 Å². The number of ether oxygens (including phenoxy) is 1. The number of nitrogens with zero attached hydrogens (tertiary/aromatic N) is 1. The second-order valence-corrected chi connectivity index (χ2v) is 5.31. The van der Waals surface area contributed by atoms with E-state index in [9.17, 15) is 13.2 Å². The molecular weight excluding hydrogens is 312 g/mol. The molecule has 8 nitrogen and oxygen atoms in total. The zero-order valence-electron chi connectivity index (χ0n) is 11.4. The molecule has 0 aliphatic rings. The Morgan fingerprint density at radius 3 is 2.82 bits per heavy atom. The topological polar surface area (TPSA) is 115 Å². The fourth-order valence-electron chi connectivity index (χ4n) is 1.72. The van der Waals surface area contributed by atoms with Gasteiger partial charge in [-0.1, -0.05) is 18.2 Å². The molecule has 0 aliphatic carbocycles. The zero-order chi connectivity index (χ0) is 16.0. The number of carbonyl (C=O) groups is 1. The average Bonchev–Trinajstić information content (AvgIpc) is 2.48. The van der Waals surface area contributed by atoms with E-state index in [1.807, 2.05) is 12.1 Å². The van der Waals surface area contributed by atoms with Crippen LogP contribution >= 0.6 is 0 Å². The normalized spacial score (nSPS) is 11.3. The molecule has 0 bridgehead atoms. The van der Waals surface area contributed by atoms with Gasteiger partial charge in [-0.2, -0.15) is 8.42 Å². The molecule has 0 spiro atoms. The van der Waals surface area contributed by atoms with E-state index < -0.39 is 16.3 Å². The maximum Gasteiger partial charge on any atom is 0.397 e. The van der Waals surface area contributed by atoms with Crippen molar-refractivity contribution >= 4 is 27.2 Å². The van der Waals surface area contributed by atoms with Crippen molar-refractivity contribution in [2.24, 2.45) is 0 Å². The van der Waals surface area contributed by atoms with Crippen molar-refractivity contribution in [3.05, 3.63) is 36.5 Å². The van der Waals surface area contributed by atoms with Gasteiger partial charge >= 0.3 is 10.4 Å². The molecule has 1 aromatic carbocycles. The van der Waals surface area contributed by atoms with Crippen LogP contribution in [0.5, 0.6) is 5.75 Å². The molecule has 2 aromatic rings. The Hall–Kier alpha value is -2.23. The van der Waals surface area contributed by atoms with Crippen molar-refractivity contribution in [2.45, 2.75) is 0 Å². The van der Waals surface area contributed by atoms with Gasteiger partial charge in [0.15, 0.2) is 6.61 Å². The molecule has 9 heteroatoms. The Morgan fingerprint density at radius 1 is 1.27 bits per heavy atom. The van der Waals surface area contributed by atoms with Gasteiger partial charge in [-0.15, -0.1) is 0 Å². The number of amides is 1. The Morgan fingerprint density at radius 2 is 2.05 bits per heavy atom. The monoisotopic (exact) mass is 326 g/mol. The maximum absolute atomic E-state index is 11.6. The van der Waals surface area contributed by atoms with Gasteiger partial charge in [0.05, 0.1) is 6.61 Å². The van der Waals surface area contributed by atoms with Gasteiger partial charge in [0.1, 0.15) is 11.3 Å². The molecule has 0 atom stereocenters. The number of pyridine rings is 1. The lowest BCUT2D eigenvalue weighted by Gasteiger charge is -2.09. The fraction of sp³-hybridized carbons (Fsp3) is 0.231. The number of para-hydroxylation sites is 1. The van der Waals surface area contributed by atoms with Crippen LogP contribution in [-0.4, -0.2) is 43.6 Å². The lowest BCUT2D eigenvalue weighted by molar-refractivity contribution is -0.123. The number of nitrogens with one attached hydrogen (secondary N) is 1. The number of hydrogen-bond donors (Lipinski definition) is 2. The van der Waals surface area contributed by atoms with E-state index in [2.05, 4.69) is 14.5 Å². The SMILES string of the molecule is O=C(COc1cccc2cccnc12)NCCOS(=O)(=O)O. The molecular formula is C13H14N2O6S. The maximum atomic E-state index is 11.6. The molecule has 0 saturated heterocycles. The van der Waals surface area contributed by atoms with Gasteiger partial charge in [0.25, 0.3) is 5.91 Å². The molecule has 1 heterocycles. The number of rotatable bonds is 7. The first-order valence-corrected chi connectivity index (χ1v) is 7.67. The van der Waals surface area contributed by atoms with E-state index in [0.29, 0.717) is 11.3 Å². The minimum Gasteiger partial charge on any atom is -0.481 e. The summed E-state index contributed by atoms with van der Waals surface area (Å²) in [7, 11) is -4.49. The molecule has 0 aliphatic heterocycles. The van der Waals surface area contributed by atoms with Crippen molar-refractivity contribution in [1.82, 2.24) is 10.3 Å². The third-order valence-corrected chi connectivity index (χ3v) is 3.08. The summed E-state index contributed by atoms with van der Waals surface area (Å²) in [5.41, 5.74) is 0.646. The van der Waals surface area contributed by atoms with Crippen LogP contribution in [0.4, 0.5) is 0 Å². The van der Waals surface area contributed by atoms with Crippen LogP contribution in [-0.2, 0) is 19.4 Å². The first-order valence-electron chi connectivity index (χ1n) is 6.31. The first kappa shape index (κ1) is 16.1. The van der Waals surface area contributed by atoms with Gasteiger partial charge in [-0.25, -0.2) is 4.18 Å². The van der Waals surface area contributed by atoms with Crippen LogP contribution in [0.15, 0.2) is 36.5 Å². The highest BCUT2D eigenvalue weighted by molar-refractivity contribution is 7.80. The van der Waals surface area contributed by atoms with E-state index in [0.717, 1.165) is 5.39 Å². The van der Waals surface area contributed by atoms with Gasteiger partial charge in [0.2, 0.25) is 0 Å². The van der Waals surface area contributed by atoms with E-state index in [-0.39, 0.29) is 19.8 Å². The summed E-state index contributed by atoms with van der Waals surface area (Å²) in [6.07, 6.45) is 1.63. The minimum absolute atomic E-state index is 0.0736. The van der Waals surface area contributed by atoms with Crippen molar-refractivity contribution in [3.8, 4) is 5.75 Å². The number of aromatic nitrogens is 1. The number of benzene rings is 1. The standard InChI is InChI=1S/C13H14N2O6S/c16-12(14-7-8-21-22(17,18)19)9-20-11-5-1-3-10-4-2-6-15-13(10)11/h1-6H,7-9H2,(H,14,16)(H,17,18,19). The van der Waals surface area contributed by atoms with Crippen molar-refractivity contribution in [1.29, 1.82) is 0 Å². The fourth-order valence-corrected chi connectivity index (χ4v) is 2.02. The smallest absolute Gasteiger partial charge is 0.397 e. The molecule has 0 unspecified atom stereocenters. The zero-order valence-corrected chi connectivity index (χ0v) is 12.2. The molecule has 22 heavy (non-hydrogen) atoms. The summed E-state index contributed by atoms with van der Waals surface area (Å²) < 4.78 is 38.4. The third kappa shape index (κ3) is 4.95. The summed E-state index contributed by atoms with van der Waals surface area (Å²) in [6, 6.07) is 9.04. The predicted molar refractivity (Wildman–Crippen MR) is 77.7 cm³/mol. The first-order chi connectivity index (χ1) is 10.5. The summed E-state index contributed by atoms with van der Waals surface area (Å²) in [4.78, 5) is 15.7. The number of hydrogen-bond acceptors (Lipinski definition) is 6. The highest BCUT2D eigenvalue weighted by Gasteiger charge is 2.07. The van der Waals surface area contributed by atoms with E-state index >= 15 is 0 Å². The Balaban J connectivity index is 1.83. The van der Waals surface area contributed by atoms with Crippen LogP contribution in [0.2, 0.25) is 0 Å². The van der Waals surface area contributed by atoms with Crippen LogP contribution < -0.4 is 10.1 Å². The van der Waals surface area contributed by atoms with E-state index in [1.54, 1.807) is 24.4 Å². The van der Waals surface area contributed by atoms with Crippen molar-refractivity contribution in [2.75, 3.05) is 19.8 Å². The van der Waals surface area contributed by atoms with E-state index in [1.165, 1.54) is 0 Å². The second kappa shape index (κ2) is 7.16. The Bertz CT molecular complexity index is 757. The molecule has 1 amide bonds. The van der Waals surface area contributed by atoms with Gasteiger partial charge in [0, 0.05) is 18.1 Å². The van der Waals surface area contributed by atoms with Crippen LogP contribution in [0.25, 0.3) is 10.9 Å². The van der Waals surface area contributed by atoms with Gasteiger partial charge in [-0.05, 0) is 12.1 Å². The molecule has 2 N–H and O–H groups in total. The summed E-state index contributed by atoms with van der Waals surface area (Å²) in [6.45, 7) is -0.683. The predicted octanol–water partition coefficient (Wildman–Crippen LogP) is 0.549. The number of carbonyl (C=O) groups excluding carboxylic acids is 1. The quantitative estimate of drug-likeness (QED) is 0.564. The lowest BCUT2D eigenvalue weighted by Crippen LogP contribution is -2.32. The van der Waals surface area contributed by atoms with Gasteiger partial charge < -0.3 is 10.1 Å². The summed E-state index contributed by atoms with van der Waals surface area (Å²) in [5.74, 6) is 0.0225. The Labute approximate surface area is 127 Å². The van der Waals surface area contributed by atoms with Crippen LogP contribution in [0, 0.1) is 0 Å². The molecule has 0 saturated carbocycles. The average molecular weight is 326 g/mol. The highest BCUT2D eigenvalue weighted by atomic mass is 32.3.